The average Bonchev–Trinajstić information content (AvgIpc) is 1.86. The molecule has 0 aliphatic heterocycles. The van der Waals surface area contributed by atoms with E-state index in [1.165, 1.54) is 0 Å². The van der Waals surface area contributed by atoms with Crippen molar-refractivity contribution in [2.24, 2.45) is 0 Å². The van der Waals surface area contributed by atoms with Gasteiger partial charge in [-0.3, -0.25) is 0 Å². The standard InChI is InChI=1S/C5H6F6O/c1-12-2-4(8,9)5(10,11)3(6)7/h3H,2H2,1H3. The molecule has 0 radical (unpaired) electrons. The highest BCUT2D eigenvalue weighted by Gasteiger charge is 2.62. The van der Waals surface area contributed by atoms with Gasteiger partial charge in [-0.05, 0) is 0 Å². The molecular weight excluding hydrogens is 190 g/mol. The molecule has 0 aliphatic rings. The van der Waals surface area contributed by atoms with Crippen LogP contribution < -0.4 is 0 Å². The van der Waals surface area contributed by atoms with Gasteiger partial charge in [-0.25, -0.2) is 8.78 Å². The quantitative estimate of drug-likeness (QED) is 0.626. The maximum Gasteiger partial charge on any atom is 0.371 e. The van der Waals surface area contributed by atoms with Gasteiger partial charge in [0.25, 0.3) is 0 Å². The number of halogens is 6. The summed E-state index contributed by atoms with van der Waals surface area (Å²) in [4.78, 5) is 0. The number of alkyl halides is 6. The number of hydrogen-bond acceptors (Lipinski definition) is 1. The Bertz CT molecular complexity index is 145. The second-order valence-corrected chi connectivity index (χ2v) is 2.06. The summed E-state index contributed by atoms with van der Waals surface area (Å²) in [6.07, 6.45) is -4.40. The van der Waals surface area contributed by atoms with Crippen LogP contribution in [0.4, 0.5) is 26.3 Å². The molecule has 12 heavy (non-hydrogen) atoms. The molecule has 0 unspecified atom stereocenters. The van der Waals surface area contributed by atoms with Crippen LogP contribution in [0.25, 0.3) is 0 Å². The molecule has 0 bridgehead atoms. The highest BCUT2D eigenvalue weighted by molar-refractivity contribution is 4.86. The van der Waals surface area contributed by atoms with Gasteiger partial charge in [0.05, 0.1) is 0 Å². The van der Waals surface area contributed by atoms with Crippen LogP contribution in [0.3, 0.4) is 0 Å². The smallest absolute Gasteiger partial charge is 0.371 e. The molecule has 0 atom stereocenters. The van der Waals surface area contributed by atoms with Gasteiger partial charge in [0.1, 0.15) is 6.61 Å². The maximum atomic E-state index is 12.1. The van der Waals surface area contributed by atoms with Crippen LogP contribution in [-0.2, 0) is 4.74 Å². The summed E-state index contributed by atoms with van der Waals surface area (Å²) < 4.78 is 74.4. The van der Waals surface area contributed by atoms with E-state index >= 15 is 0 Å². The summed E-state index contributed by atoms with van der Waals surface area (Å²) in [5, 5.41) is 0. The molecule has 0 saturated carbocycles. The van der Waals surface area contributed by atoms with Crippen LogP contribution in [0.1, 0.15) is 0 Å². The van der Waals surface area contributed by atoms with E-state index in [9.17, 15) is 26.3 Å². The molecule has 0 fully saturated rings. The van der Waals surface area contributed by atoms with E-state index in [0.717, 1.165) is 7.11 Å². The fraction of sp³-hybridized carbons (Fsp3) is 1.00. The van der Waals surface area contributed by atoms with Gasteiger partial charge in [0, 0.05) is 7.11 Å². The lowest BCUT2D eigenvalue weighted by atomic mass is 10.2. The number of ether oxygens (including phenoxy) is 1. The van der Waals surface area contributed by atoms with Gasteiger partial charge in [0.2, 0.25) is 0 Å². The molecular formula is C5H6F6O. The van der Waals surface area contributed by atoms with E-state index < -0.39 is 24.9 Å². The van der Waals surface area contributed by atoms with Crippen LogP contribution >= 0.6 is 0 Å². The lowest BCUT2D eigenvalue weighted by molar-refractivity contribution is -0.276. The molecule has 1 nitrogen and oxygen atoms in total. The third-order valence-electron chi connectivity index (χ3n) is 1.09. The zero-order valence-corrected chi connectivity index (χ0v) is 5.96. The molecule has 0 aromatic heterocycles. The molecule has 0 aromatic rings. The highest BCUT2D eigenvalue weighted by Crippen LogP contribution is 2.38. The predicted octanol–water partition coefficient (Wildman–Crippen LogP) is 2.17. The summed E-state index contributed by atoms with van der Waals surface area (Å²) in [5.41, 5.74) is 0. The molecule has 0 N–H and O–H groups in total. The van der Waals surface area contributed by atoms with Crippen LogP contribution in [0.15, 0.2) is 0 Å². The van der Waals surface area contributed by atoms with E-state index in [1.54, 1.807) is 0 Å². The van der Waals surface area contributed by atoms with Crippen molar-refractivity contribution in [2.75, 3.05) is 13.7 Å². The van der Waals surface area contributed by atoms with Gasteiger partial charge >= 0.3 is 18.3 Å². The topological polar surface area (TPSA) is 9.23 Å². The van der Waals surface area contributed by atoms with Gasteiger partial charge in [0.15, 0.2) is 0 Å². The summed E-state index contributed by atoms with van der Waals surface area (Å²) in [6, 6.07) is 0. The van der Waals surface area contributed by atoms with Crippen LogP contribution in [0.2, 0.25) is 0 Å². The molecule has 0 aromatic carbocycles. The normalized spacial score (nSPS) is 14.0. The van der Waals surface area contributed by atoms with Gasteiger partial charge in [-0.15, -0.1) is 0 Å². The Labute approximate surface area is 64.3 Å². The fourth-order valence-electron chi connectivity index (χ4n) is 0.437. The monoisotopic (exact) mass is 196 g/mol. The Morgan fingerprint density at radius 2 is 1.58 bits per heavy atom. The summed E-state index contributed by atoms with van der Waals surface area (Å²) >= 11 is 0. The van der Waals surface area contributed by atoms with Gasteiger partial charge in [-0.2, -0.15) is 17.6 Å². The predicted molar refractivity (Wildman–Crippen MR) is 27.8 cm³/mol. The minimum Gasteiger partial charge on any atom is -0.378 e. The molecule has 74 valence electrons. The summed E-state index contributed by atoms with van der Waals surface area (Å²) in [7, 11) is 0.718. The zero-order chi connectivity index (χ0) is 9.99. The van der Waals surface area contributed by atoms with Crippen LogP contribution in [0, 0.1) is 0 Å². The molecule has 7 heteroatoms. The molecule has 0 rings (SSSR count). The molecule has 0 spiro atoms. The number of hydrogen-bond donors (Lipinski definition) is 0. The van der Waals surface area contributed by atoms with E-state index in [4.69, 9.17) is 0 Å². The number of rotatable bonds is 4. The zero-order valence-electron chi connectivity index (χ0n) is 5.96. The van der Waals surface area contributed by atoms with Gasteiger partial charge < -0.3 is 4.74 Å². The first-order chi connectivity index (χ1) is 5.25. The van der Waals surface area contributed by atoms with E-state index in [1.807, 2.05) is 0 Å². The second kappa shape index (κ2) is 3.51. The Morgan fingerprint density at radius 3 is 1.83 bits per heavy atom. The lowest BCUT2D eigenvalue weighted by Crippen LogP contribution is -2.49. The molecule has 0 aliphatic carbocycles. The Morgan fingerprint density at radius 1 is 1.17 bits per heavy atom. The minimum atomic E-state index is -5.34. The van der Waals surface area contributed by atoms with Crippen molar-refractivity contribution < 1.29 is 31.1 Å². The largest absolute Gasteiger partial charge is 0.378 e. The Hall–Kier alpha value is -0.460. The molecule has 0 heterocycles. The first kappa shape index (κ1) is 11.5. The van der Waals surface area contributed by atoms with Crippen molar-refractivity contribution in [3.63, 3.8) is 0 Å². The van der Waals surface area contributed by atoms with E-state index in [0.29, 0.717) is 0 Å². The van der Waals surface area contributed by atoms with Crippen LogP contribution in [0.5, 0.6) is 0 Å². The van der Waals surface area contributed by atoms with E-state index in [-0.39, 0.29) is 0 Å². The SMILES string of the molecule is COCC(F)(F)C(F)(F)C(F)F. The van der Waals surface area contributed by atoms with E-state index in [2.05, 4.69) is 4.74 Å². The minimum absolute atomic E-state index is 0.718. The maximum absolute atomic E-state index is 12.1. The molecule has 0 amide bonds. The van der Waals surface area contributed by atoms with Crippen molar-refractivity contribution in [2.45, 2.75) is 18.3 Å². The first-order valence-corrected chi connectivity index (χ1v) is 2.78. The van der Waals surface area contributed by atoms with Crippen molar-refractivity contribution >= 4 is 0 Å². The first-order valence-electron chi connectivity index (χ1n) is 2.78. The highest BCUT2D eigenvalue weighted by atomic mass is 19.3. The van der Waals surface area contributed by atoms with Crippen molar-refractivity contribution in [3.05, 3.63) is 0 Å². The summed E-state index contributed by atoms with van der Waals surface area (Å²) in [6.45, 7) is -1.73. The second-order valence-electron chi connectivity index (χ2n) is 2.06. The van der Waals surface area contributed by atoms with Crippen molar-refractivity contribution in [1.29, 1.82) is 0 Å². The third kappa shape index (κ3) is 2.02. The van der Waals surface area contributed by atoms with Gasteiger partial charge in [-0.1, -0.05) is 0 Å². The molecule has 0 saturated heterocycles. The van der Waals surface area contributed by atoms with Crippen molar-refractivity contribution in [1.82, 2.24) is 0 Å². The lowest BCUT2D eigenvalue weighted by Gasteiger charge is -2.24. The fourth-order valence-corrected chi connectivity index (χ4v) is 0.437. The summed E-state index contributed by atoms with van der Waals surface area (Å²) in [5.74, 6) is -10.2. The average molecular weight is 196 g/mol. The number of methoxy groups -OCH3 is 1. The van der Waals surface area contributed by atoms with Crippen molar-refractivity contribution in [3.8, 4) is 0 Å². The Kier molecular flexibility index (Phi) is 3.37. The Balaban J connectivity index is 4.50. The van der Waals surface area contributed by atoms with Crippen LogP contribution in [-0.4, -0.2) is 32.0 Å². The third-order valence-corrected chi connectivity index (χ3v) is 1.09.